The first-order valence-corrected chi connectivity index (χ1v) is 7.77. The number of likely N-dealkylation sites (N-methyl/N-ethyl adjacent to an activating group) is 1. The lowest BCUT2D eigenvalue weighted by atomic mass is 9.79. The zero-order chi connectivity index (χ0) is 14.2. The van der Waals surface area contributed by atoms with Crippen LogP contribution in [-0.2, 0) is 6.42 Å². The quantitative estimate of drug-likeness (QED) is 0.894. The van der Waals surface area contributed by atoms with Crippen LogP contribution in [0.2, 0.25) is 0 Å². The molecular weight excluding hydrogens is 246 g/mol. The van der Waals surface area contributed by atoms with Crippen LogP contribution in [0, 0.1) is 13.8 Å². The summed E-state index contributed by atoms with van der Waals surface area (Å²) in [4.78, 5) is 8.38. The van der Waals surface area contributed by atoms with Gasteiger partial charge in [0.05, 0.1) is 11.0 Å². The van der Waals surface area contributed by atoms with E-state index in [0.29, 0.717) is 0 Å². The summed E-state index contributed by atoms with van der Waals surface area (Å²) in [6.07, 6.45) is 7.58. The van der Waals surface area contributed by atoms with E-state index in [-0.39, 0.29) is 5.54 Å². The lowest BCUT2D eigenvalue weighted by Crippen LogP contribution is -2.46. The largest absolute Gasteiger partial charge is 0.342 e. The van der Waals surface area contributed by atoms with Gasteiger partial charge in [0.25, 0.3) is 0 Å². The third kappa shape index (κ3) is 2.47. The standard InChI is InChI=1S/C17H25N3/c1-12-9-13(2)16-14(10-12)19-15(20-16)11-17(18-3)7-5-4-6-8-17/h9-10,18H,4-8,11H2,1-3H3,(H,19,20). The lowest BCUT2D eigenvalue weighted by Gasteiger charge is -2.36. The molecule has 1 saturated carbocycles. The Labute approximate surface area is 121 Å². The molecule has 0 bridgehead atoms. The molecule has 0 aliphatic heterocycles. The predicted molar refractivity (Wildman–Crippen MR) is 84.1 cm³/mol. The Balaban J connectivity index is 1.92. The maximum absolute atomic E-state index is 4.84. The van der Waals surface area contributed by atoms with Crippen LogP contribution in [-0.4, -0.2) is 22.6 Å². The third-order valence-corrected chi connectivity index (χ3v) is 4.82. The van der Waals surface area contributed by atoms with Gasteiger partial charge in [-0.1, -0.05) is 25.3 Å². The number of aromatic nitrogens is 2. The highest BCUT2D eigenvalue weighted by molar-refractivity contribution is 5.79. The van der Waals surface area contributed by atoms with E-state index in [2.05, 4.69) is 43.3 Å². The predicted octanol–water partition coefficient (Wildman–Crippen LogP) is 3.64. The molecule has 1 aliphatic carbocycles. The maximum Gasteiger partial charge on any atom is 0.109 e. The Bertz CT molecular complexity index is 606. The molecule has 1 aromatic carbocycles. The van der Waals surface area contributed by atoms with Crippen LogP contribution >= 0.6 is 0 Å². The monoisotopic (exact) mass is 271 g/mol. The summed E-state index contributed by atoms with van der Waals surface area (Å²) in [6.45, 7) is 4.29. The highest BCUT2D eigenvalue weighted by Gasteiger charge is 2.31. The number of nitrogens with one attached hydrogen (secondary N) is 2. The van der Waals surface area contributed by atoms with Gasteiger partial charge in [-0.3, -0.25) is 0 Å². The van der Waals surface area contributed by atoms with Gasteiger partial charge in [0.1, 0.15) is 5.82 Å². The van der Waals surface area contributed by atoms with Crippen molar-refractivity contribution < 1.29 is 0 Å². The molecule has 2 N–H and O–H groups in total. The van der Waals surface area contributed by atoms with Crippen molar-refractivity contribution >= 4 is 11.0 Å². The summed E-state index contributed by atoms with van der Waals surface area (Å²) in [5.41, 5.74) is 5.12. The molecule has 20 heavy (non-hydrogen) atoms. The molecule has 3 rings (SSSR count). The molecular formula is C17H25N3. The van der Waals surface area contributed by atoms with Crippen molar-refractivity contribution in [2.24, 2.45) is 0 Å². The first-order chi connectivity index (χ1) is 9.62. The molecule has 3 nitrogen and oxygen atoms in total. The average Bonchev–Trinajstić information content (AvgIpc) is 2.82. The zero-order valence-electron chi connectivity index (χ0n) is 12.8. The number of H-pyrrole nitrogens is 1. The van der Waals surface area contributed by atoms with Crippen molar-refractivity contribution in [3.05, 3.63) is 29.1 Å². The van der Waals surface area contributed by atoms with Gasteiger partial charge < -0.3 is 10.3 Å². The van der Waals surface area contributed by atoms with Crippen molar-refractivity contribution in [1.29, 1.82) is 0 Å². The number of fused-ring (bicyclic) bond motifs is 1. The molecule has 1 heterocycles. The molecule has 0 unspecified atom stereocenters. The normalized spacial score (nSPS) is 18.6. The van der Waals surface area contributed by atoms with Crippen molar-refractivity contribution in [3.63, 3.8) is 0 Å². The van der Waals surface area contributed by atoms with Crippen LogP contribution < -0.4 is 5.32 Å². The number of aryl methyl sites for hydroxylation is 2. The summed E-state index contributed by atoms with van der Waals surface area (Å²) in [7, 11) is 2.10. The number of rotatable bonds is 3. The average molecular weight is 271 g/mol. The molecule has 0 saturated heterocycles. The SMILES string of the molecule is CNC1(Cc2nc3c(C)cc(C)cc3[nH]2)CCCCC1. The highest BCUT2D eigenvalue weighted by Crippen LogP contribution is 2.31. The molecule has 0 atom stereocenters. The molecule has 1 fully saturated rings. The van der Waals surface area contributed by atoms with Gasteiger partial charge in [-0.2, -0.15) is 0 Å². The van der Waals surface area contributed by atoms with Crippen molar-refractivity contribution in [1.82, 2.24) is 15.3 Å². The van der Waals surface area contributed by atoms with Crippen LogP contribution in [0.15, 0.2) is 12.1 Å². The molecule has 1 aliphatic rings. The number of imidazole rings is 1. The van der Waals surface area contributed by atoms with E-state index in [4.69, 9.17) is 4.98 Å². The van der Waals surface area contributed by atoms with E-state index in [0.717, 1.165) is 17.8 Å². The maximum atomic E-state index is 4.84. The van der Waals surface area contributed by atoms with E-state index < -0.39 is 0 Å². The van der Waals surface area contributed by atoms with E-state index in [1.807, 2.05) is 0 Å². The Hall–Kier alpha value is -1.35. The minimum Gasteiger partial charge on any atom is -0.342 e. The number of benzene rings is 1. The molecule has 0 spiro atoms. The second-order valence-corrected chi connectivity index (χ2v) is 6.43. The first kappa shape index (κ1) is 13.6. The highest BCUT2D eigenvalue weighted by atomic mass is 15.0. The fraction of sp³-hybridized carbons (Fsp3) is 0.588. The second kappa shape index (κ2) is 5.21. The van der Waals surface area contributed by atoms with Gasteiger partial charge in [0, 0.05) is 12.0 Å². The minimum absolute atomic E-state index is 0.245. The second-order valence-electron chi connectivity index (χ2n) is 6.43. The Morgan fingerprint density at radius 2 is 1.95 bits per heavy atom. The summed E-state index contributed by atoms with van der Waals surface area (Å²) >= 11 is 0. The van der Waals surface area contributed by atoms with Crippen LogP contribution in [0.5, 0.6) is 0 Å². The Morgan fingerprint density at radius 1 is 1.20 bits per heavy atom. The van der Waals surface area contributed by atoms with E-state index in [1.54, 1.807) is 0 Å². The van der Waals surface area contributed by atoms with Gasteiger partial charge in [0.15, 0.2) is 0 Å². The number of aromatic amines is 1. The third-order valence-electron chi connectivity index (χ3n) is 4.82. The molecule has 3 heteroatoms. The summed E-state index contributed by atoms with van der Waals surface area (Å²) in [5, 5.41) is 3.58. The number of hydrogen-bond donors (Lipinski definition) is 2. The fourth-order valence-electron chi connectivity index (χ4n) is 3.67. The van der Waals surface area contributed by atoms with Crippen LogP contribution in [0.4, 0.5) is 0 Å². The summed E-state index contributed by atoms with van der Waals surface area (Å²) in [5.74, 6) is 1.13. The topological polar surface area (TPSA) is 40.7 Å². The van der Waals surface area contributed by atoms with Gasteiger partial charge in [-0.15, -0.1) is 0 Å². The molecule has 0 amide bonds. The smallest absolute Gasteiger partial charge is 0.109 e. The molecule has 108 valence electrons. The zero-order valence-corrected chi connectivity index (χ0v) is 12.8. The van der Waals surface area contributed by atoms with E-state index >= 15 is 0 Å². The molecule has 0 radical (unpaired) electrons. The van der Waals surface area contributed by atoms with Gasteiger partial charge >= 0.3 is 0 Å². The van der Waals surface area contributed by atoms with Crippen molar-refractivity contribution in [3.8, 4) is 0 Å². The van der Waals surface area contributed by atoms with Crippen molar-refractivity contribution in [2.75, 3.05) is 7.05 Å². The van der Waals surface area contributed by atoms with Crippen molar-refractivity contribution in [2.45, 2.75) is 57.9 Å². The van der Waals surface area contributed by atoms with Gasteiger partial charge in [-0.25, -0.2) is 4.98 Å². The number of nitrogens with zero attached hydrogens (tertiary/aromatic N) is 1. The van der Waals surface area contributed by atoms with Crippen LogP contribution in [0.3, 0.4) is 0 Å². The Kier molecular flexibility index (Phi) is 3.55. The van der Waals surface area contributed by atoms with Gasteiger partial charge in [-0.05, 0) is 50.9 Å². The first-order valence-electron chi connectivity index (χ1n) is 7.77. The number of hydrogen-bond acceptors (Lipinski definition) is 2. The van der Waals surface area contributed by atoms with Gasteiger partial charge in [0.2, 0.25) is 0 Å². The minimum atomic E-state index is 0.245. The summed E-state index contributed by atoms with van der Waals surface area (Å²) < 4.78 is 0. The fourth-order valence-corrected chi connectivity index (χ4v) is 3.67. The lowest BCUT2D eigenvalue weighted by molar-refractivity contribution is 0.241. The molecule has 2 aromatic rings. The summed E-state index contributed by atoms with van der Waals surface area (Å²) in [6, 6.07) is 4.41. The van der Waals surface area contributed by atoms with E-state index in [9.17, 15) is 0 Å². The molecule has 1 aromatic heterocycles. The van der Waals surface area contributed by atoms with Crippen LogP contribution in [0.25, 0.3) is 11.0 Å². The Morgan fingerprint density at radius 3 is 2.65 bits per heavy atom. The van der Waals surface area contributed by atoms with Crippen LogP contribution in [0.1, 0.15) is 49.1 Å². The van der Waals surface area contributed by atoms with E-state index in [1.165, 1.54) is 48.7 Å².